The van der Waals surface area contributed by atoms with Crippen LogP contribution in [0.1, 0.15) is 24.3 Å². The minimum Gasteiger partial charge on any atom is -0.358 e. The molecule has 1 rings (SSSR count). The van der Waals surface area contributed by atoms with Crippen molar-refractivity contribution in [2.75, 3.05) is 26.2 Å². The van der Waals surface area contributed by atoms with E-state index in [0.29, 0.717) is 13.1 Å². The van der Waals surface area contributed by atoms with E-state index in [1.165, 1.54) is 0 Å². The number of carbonyl (C=O) groups is 1. The summed E-state index contributed by atoms with van der Waals surface area (Å²) in [5.74, 6) is -1.00. The van der Waals surface area contributed by atoms with E-state index < -0.39 is 16.6 Å². The van der Waals surface area contributed by atoms with Crippen molar-refractivity contribution in [1.29, 1.82) is 0 Å². The monoisotopic (exact) mass is 289 g/mol. The average Bonchev–Trinajstić information content (AvgIpc) is 2.76. The second-order valence-corrected chi connectivity index (χ2v) is 4.15. The Morgan fingerprint density at radius 2 is 2.16 bits per heavy atom. The van der Waals surface area contributed by atoms with E-state index in [-0.39, 0.29) is 10.7 Å². The van der Waals surface area contributed by atoms with Gasteiger partial charge in [0.2, 0.25) is 0 Å². The summed E-state index contributed by atoms with van der Waals surface area (Å²) in [6.45, 7) is 6.96. The zero-order valence-corrected chi connectivity index (χ0v) is 11.5. The van der Waals surface area contributed by atoms with Crippen molar-refractivity contribution in [2.24, 2.45) is 0 Å². The molecule has 106 valence electrons. The van der Waals surface area contributed by atoms with Crippen LogP contribution in [0.2, 0.25) is 5.02 Å². The Balaban J connectivity index is 2.57. The molecule has 0 aliphatic heterocycles. The van der Waals surface area contributed by atoms with Gasteiger partial charge in [-0.25, -0.2) is 0 Å². The Morgan fingerprint density at radius 3 is 2.63 bits per heavy atom. The summed E-state index contributed by atoms with van der Waals surface area (Å²) in [6.07, 6.45) is 0. The quantitative estimate of drug-likeness (QED) is 0.576. The van der Waals surface area contributed by atoms with Crippen molar-refractivity contribution in [1.82, 2.24) is 20.4 Å². The molecule has 0 spiro atoms. The highest BCUT2D eigenvalue weighted by Gasteiger charge is 2.24. The second-order valence-electron chi connectivity index (χ2n) is 3.77. The van der Waals surface area contributed by atoms with Gasteiger partial charge in [-0.15, -0.1) is 5.10 Å². The highest BCUT2D eigenvalue weighted by Crippen LogP contribution is 2.24. The first-order chi connectivity index (χ1) is 9.01. The van der Waals surface area contributed by atoms with Crippen molar-refractivity contribution in [3.63, 3.8) is 0 Å². The molecule has 0 fully saturated rings. The van der Waals surface area contributed by atoms with Gasteiger partial charge in [0.15, 0.2) is 10.7 Å². The maximum Gasteiger partial charge on any atom is 0.362 e. The third-order valence-electron chi connectivity index (χ3n) is 2.70. The van der Waals surface area contributed by atoms with Crippen molar-refractivity contribution < 1.29 is 9.72 Å². The fourth-order valence-corrected chi connectivity index (χ4v) is 1.78. The fourth-order valence-electron chi connectivity index (χ4n) is 1.54. The molecule has 0 aromatic carbocycles. The predicted octanol–water partition coefficient (Wildman–Crippen LogP) is 1.04. The SMILES string of the molecule is CCN(CC)CCNC(=O)c1n[nH]c([N+](=O)[O-])c1Cl. The van der Waals surface area contributed by atoms with E-state index >= 15 is 0 Å². The van der Waals surface area contributed by atoms with E-state index in [9.17, 15) is 14.9 Å². The first kappa shape index (κ1) is 15.4. The number of amides is 1. The molecule has 8 nitrogen and oxygen atoms in total. The van der Waals surface area contributed by atoms with E-state index in [1.54, 1.807) is 0 Å². The highest BCUT2D eigenvalue weighted by atomic mass is 35.5. The molecule has 0 aliphatic carbocycles. The number of nitrogens with one attached hydrogen (secondary N) is 2. The van der Waals surface area contributed by atoms with Gasteiger partial charge in [0, 0.05) is 13.1 Å². The minimum absolute atomic E-state index is 0.159. The molecule has 1 amide bonds. The number of H-pyrrole nitrogens is 1. The molecular formula is C10H16ClN5O3. The van der Waals surface area contributed by atoms with Gasteiger partial charge in [0.05, 0.1) is 0 Å². The molecule has 0 aliphatic rings. The largest absolute Gasteiger partial charge is 0.362 e. The molecule has 0 radical (unpaired) electrons. The number of hydrogen-bond acceptors (Lipinski definition) is 5. The smallest absolute Gasteiger partial charge is 0.358 e. The molecule has 0 saturated carbocycles. The van der Waals surface area contributed by atoms with Crippen molar-refractivity contribution >= 4 is 23.3 Å². The molecule has 0 bridgehead atoms. The van der Waals surface area contributed by atoms with Gasteiger partial charge >= 0.3 is 5.82 Å². The molecule has 1 aromatic rings. The van der Waals surface area contributed by atoms with Gasteiger partial charge in [-0.1, -0.05) is 30.5 Å². The van der Waals surface area contributed by atoms with Gasteiger partial charge in [-0.2, -0.15) is 0 Å². The third-order valence-corrected chi connectivity index (χ3v) is 3.05. The highest BCUT2D eigenvalue weighted by molar-refractivity contribution is 6.35. The van der Waals surface area contributed by atoms with Crippen molar-refractivity contribution in [3.8, 4) is 0 Å². The summed E-state index contributed by atoms with van der Waals surface area (Å²) < 4.78 is 0. The Hall–Kier alpha value is -1.67. The van der Waals surface area contributed by atoms with E-state index in [4.69, 9.17) is 11.6 Å². The Labute approximate surface area is 115 Å². The predicted molar refractivity (Wildman–Crippen MR) is 70.4 cm³/mol. The van der Waals surface area contributed by atoms with Crippen LogP contribution >= 0.6 is 11.6 Å². The molecule has 0 atom stereocenters. The first-order valence-corrected chi connectivity index (χ1v) is 6.27. The topological polar surface area (TPSA) is 104 Å². The average molecular weight is 290 g/mol. The number of rotatable bonds is 7. The van der Waals surface area contributed by atoms with Crippen LogP contribution < -0.4 is 5.32 Å². The van der Waals surface area contributed by atoms with E-state index in [2.05, 4.69) is 20.4 Å². The number of aromatic amines is 1. The zero-order valence-electron chi connectivity index (χ0n) is 10.8. The lowest BCUT2D eigenvalue weighted by atomic mass is 10.4. The number of likely N-dealkylation sites (N-methyl/N-ethyl adjacent to an activating group) is 1. The normalized spacial score (nSPS) is 10.7. The summed E-state index contributed by atoms with van der Waals surface area (Å²) in [5, 5.41) is 18.6. The van der Waals surface area contributed by atoms with Crippen molar-refractivity contribution in [2.45, 2.75) is 13.8 Å². The molecule has 2 N–H and O–H groups in total. The number of aromatic nitrogens is 2. The number of halogens is 1. The van der Waals surface area contributed by atoms with Gasteiger partial charge < -0.3 is 20.3 Å². The molecule has 19 heavy (non-hydrogen) atoms. The lowest BCUT2D eigenvalue weighted by Crippen LogP contribution is -2.35. The van der Waals surface area contributed by atoms with Crippen LogP contribution in [0.4, 0.5) is 5.82 Å². The molecule has 0 unspecified atom stereocenters. The van der Waals surface area contributed by atoms with Crippen LogP contribution in [0.25, 0.3) is 0 Å². The number of hydrogen-bond donors (Lipinski definition) is 2. The summed E-state index contributed by atoms with van der Waals surface area (Å²) in [7, 11) is 0. The van der Waals surface area contributed by atoms with Gasteiger partial charge in [-0.3, -0.25) is 4.79 Å². The van der Waals surface area contributed by atoms with Gasteiger partial charge in [0.1, 0.15) is 0 Å². The summed E-state index contributed by atoms with van der Waals surface area (Å²) in [6, 6.07) is 0. The number of nitro groups is 1. The minimum atomic E-state index is -0.720. The van der Waals surface area contributed by atoms with Crippen LogP contribution in [0.3, 0.4) is 0 Å². The maximum absolute atomic E-state index is 11.7. The number of carbonyl (C=O) groups excluding carboxylic acids is 1. The van der Waals surface area contributed by atoms with Gasteiger partial charge in [-0.05, 0) is 18.0 Å². The van der Waals surface area contributed by atoms with E-state index in [0.717, 1.165) is 13.1 Å². The van der Waals surface area contributed by atoms with Crippen LogP contribution in [-0.4, -0.2) is 52.1 Å². The molecule has 1 heterocycles. The Morgan fingerprint density at radius 1 is 1.53 bits per heavy atom. The van der Waals surface area contributed by atoms with Crippen molar-refractivity contribution in [3.05, 3.63) is 20.8 Å². The zero-order chi connectivity index (χ0) is 14.4. The number of nitrogens with zero attached hydrogens (tertiary/aromatic N) is 3. The summed E-state index contributed by atoms with van der Waals surface area (Å²) >= 11 is 5.70. The Bertz CT molecular complexity index is 458. The fraction of sp³-hybridized carbons (Fsp3) is 0.600. The summed E-state index contributed by atoms with van der Waals surface area (Å²) in [5.41, 5.74) is -0.159. The third kappa shape index (κ3) is 3.90. The van der Waals surface area contributed by atoms with E-state index in [1.807, 2.05) is 13.8 Å². The summed E-state index contributed by atoms with van der Waals surface area (Å²) in [4.78, 5) is 23.7. The molecular weight excluding hydrogens is 274 g/mol. The van der Waals surface area contributed by atoms with Crippen LogP contribution in [0.15, 0.2) is 0 Å². The first-order valence-electron chi connectivity index (χ1n) is 5.90. The lowest BCUT2D eigenvalue weighted by molar-refractivity contribution is -0.389. The lowest BCUT2D eigenvalue weighted by Gasteiger charge is -2.17. The molecule has 9 heteroatoms. The maximum atomic E-state index is 11.7. The van der Waals surface area contributed by atoms with Crippen LogP contribution in [0, 0.1) is 10.1 Å². The molecule has 0 saturated heterocycles. The standard InChI is InChI=1S/C10H16ClN5O3/c1-3-15(4-2)6-5-12-10(17)8-7(11)9(14-13-8)16(18)19/h3-6H2,1-2H3,(H,12,17)(H,13,14). The van der Waals surface area contributed by atoms with Crippen LogP contribution in [-0.2, 0) is 0 Å². The second kappa shape index (κ2) is 7.05. The van der Waals surface area contributed by atoms with Gasteiger partial charge in [0.25, 0.3) is 5.91 Å². The molecule has 1 aromatic heterocycles. The Kier molecular flexibility index (Phi) is 5.71. The van der Waals surface area contributed by atoms with Crippen LogP contribution in [0.5, 0.6) is 0 Å².